The molecule has 3 aromatic carbocycles. The molecule has 3 aromatic rings. The molecule has 0 atom stereocenters. The van der Waals surface area contributed by atoms with E-state index in [0.29, 0.717) is 34.3 Å². The van der Waals surface area contributed by atoms with Crippen LogP contribution < -0.4 is 20.1 Å². The summed E-state index contributed by atoms with van der Waals surface area (Å²) in [7, 11) is 0. The van der Waals surface area contributed by atoms with Crippen LogP contribution in [-0.4, -0.2) is 25.0 Å². The molecule has 3 rings (SSSR count). The average molecular weight is 425 g/mol. The van der Waals surface area contributed by atoms with Crippen molar-refractivity contribution < 1.29 is 19.1 Å². The van der Waals surface area contributed by atoms with Gasteiger partial charge < -0.3 is 20.1 Å². The molecule has 0 aliphatic carbocycles. The fraction of sp³-hybridized carbons (Fsp3) is 0.130. The van der Waals surface area contributed by atoms with Crippen LogP contribution in [0.15, 0.2) is 72.8 Å². The van der Waals surface area contributed by atoms with Crippen LogP contribution in [-0.2, 0) is 4.79 Å². The van der Waals surface area contributed by atoms with Gasteiger partial charge in [0, 0.05) is 22.0 Å². The molecule has 0 aliphatic rings. The number of hydrogen-bond donors (Lipinski definition) is 2. The van der Waals surface area contributed by atoms with Gasteiger partial charge in [-0.3, -0.25) is 9.59 Å². The number of amides is 2. The molecule has 7 heteroatoms. The molecule has 0 fully saturated rings. The summed E-state index contributed by atoms with van der Waals surface area (Å²) in [6.07, 6.45) is 0. The summed E-state index contributed by atoms with van der Waals surface area (Å²) in [5, 5.41) is 6.13. The van der Waals surface area contributed by atoms with Gasteiger partial charge in [0.2, 0.25) is 0 Å². The molecule has 0 heterocycles. The Hall–Kier alpha value is -3.51. The largest absolute Gasteiger partial charge is 0.494 e. The number of carbonyl (C=O) groups excluding carboxylic acids is 2. The number of anilines is 2. The Labute approximate surface area is 179 Å². The molecule has 2 N–H and O–H groups in total. The summed E-state index contributed by atoms with van der Waals surface area (Å²) in [5.41, 5.74) is 1.77. The van der Waals surface area contributed by atoms with E-state index in [-0.39, 0.29) is 18.4 Å². The molecular formula is C23H21ClN2O4. The number of nitrogens with one attached hydrogen (secondary N) is 2. The van der Waals surface area contributed by atoms with Crippen LogP contribution in [0.5, 0.6) is 11.5 Å². The maximum absolute atomic E-state index is 12.3. The summed E-state index contributed by atoms with van der Waals surface area (Å²) in [6.45, 7) is 2.34. The highest BCUT2D eigenvalue weighted by Crippen LogP contribution is 2.18. The smallest absolute Gasteiger partial charge is 0.262 e. The van der Waals surface area contributed by atoms with Crippen molar-refractivity contribution in [2.75, 3.05) is 23.8 Å². The first-order valence-corrected chi connectivity index (χ1v) is 9.74. The number of halogens is 1. The van der Waals surface area contributed by atoms with Gasteiger partial charge in [-0.25, -0.2) is 0 Å². The molecule has 6 nitrogen and oxygen atoms in total. The lowest BCUT2D eigenvalue weighted by Gasteiger charge is -2.09. The zero-order chi connectivity index (χ0) is 21.3. The topological polar surface area (TPSA) is 76.7 Å². The van der Waals surface area contributed by atoms with E-state index < -0.39 is 0 Å². The van der Waals surface area contributed by atoms with E-state index >= 15 is 0 Å². The number of benzene rings is 3. The van der Waals surface area contributed by atoms with E-state index in [0.717, 1.165) is 5.75 Å². The van der Waals surface area contributed by atoms with Crippen LogP contribution >= 0.6 is 11.6 Å². The highest BCUT2D eigenvalue weighted by Gasteiger charge is 2.08. The second kappa shape index (κ2) is 10.3. The van der Waals surface area contributed by atoms with Gasteiger partial charge in [-0.2, -0.15) is 0 Å². The Morgan fingerprint density at radius 3 is 1.93 bits per heavy atom. The predicted molar refractivity (Wildman–Crippen MR) is 118 cm³/mol. The van der Waals surface area contributed by atoms with E-state index in [1.54, 1.807) is 72.8 Å². The van der Waals surface area contributed by atoms with Gasteiger partial charge in [0.25, 0.3) is 11.8 Å². The number of hydrogen-bond acceptors (Lipinski definition) is 4. The van der Waals surface area contributed by atoms with Crippen molar-refractivity contribution in [3.63, 3.8) is 0 Å². The van der Waals surface area contributed by atoms with E-state index in [4.69, 9.17) is 21.1 Å². The first-order chi connectivity index (χ1) is 14.5. The first-order valence-electron chi connectivity index (χ1n) is 9.36. The molecule has 0 aliphatic heterocycles. The summed E-state index contributed by atoms with van der Waals surface area (Å²) < 4.78 is 10.8. The molecule has 154 valence electrons. The van der Waals surface area contributed by atoms with Crippen molar-refractivity contribution in [1.82, 2.24) is 0 Å². The highest BCUT2D eigenvalue weighted by molar-refractivity contribution is 6.30. The molecule has 0 bridgehead atoms. The van der Waals surface area contributed by atoms with Gasteiger partial charge in [-0.1, -0.05) is 11.6 Å². The van der Waals surface area contributed by atoms with Gasteiger partial charge in [0.05, 0.1) is 6.61 Å². The quantitative estimate of drug-likeness (QED) is 0.533. The standard InChI is InChI=1S/C23H21ClN2O4/c1-2-29-20-13-9-18(10-14-20)25-22(27)15-30-21-11-3-16(4-12-21)23(28)26-19-7-5-17(24)6-8-19/h3-14H,2,15H2,1H3,(H,25,27)(H,26,28). The van der Waals surface area contributed by atoms with E-state index in [1.807, 2.05) is 6.92 Å². The SMILES string of the molecule is CCOc1ccc(NC(=O)COc2ccc(C(=O)Nc3ccc(Cl)cc3)cc2)cc1. The lowest BCUT2D eigenvalue weighted by Crippen LogP contribution is -2.20. The Morgan fingerprint density at radius 1 is 0.767 bits per heavy atom. The fourth-order valence-corrected chi connectivity index (χ4v) is 2.71. The van der Waals surface area contributed by atoms with Gasteiger partial charge in [0.15, 0.2) is 6.61 Å². The summed E-state index contributed by atoms with van der Waals surface area (Å²) in [6, 6.07) is 20.5. The maximum atomic E-state index is 12.3. The van der Waals surface area contributed by atoms with Crippen LogP contribution in [0.2, 0.25) is 5.02 Å². The molecule has 0 aromatic heterocycles. The second-order valence-corrected chi connectivity index (χ2v) is 6.72. The van der Waals surface area contributed by atoms with Crippen molar-refractivity contribution >= 4 is 34.8 Å². The van der Waals surface area contributed by atoms with Crippen molar-refractivity contribution in [2.45, 2.75) is 6.92 Å². The summed E-state index contributed by atoms with van der Waals surface area (Å²) in [5.74, 6) is 0.688. The maximum Gasteiger partial charge on any atom is 0.262 e. The summed E-state index contributed by atoms with van der Waals surface area (Å²) in [4.78, 5) is 24.3. The first kappa shape index (κ1) is 21.2. The zero-order valence-electron chi connectivity index (χ0n) is 16.4. The molecule has 0 spiro atoms. The molecular weight excluding hydrogens is 404 g/mol. The second-order valence-electron chi connectivity index (χ2n) is 6.28. The average Bonchev–Trinajstić information content (AvgIpc) is 2.76. The van der Waals surface area contributed by atoms with Gasteiger partial charge in [0.1, 0.15) is 11.5 Å². The number of carbonyl (C=O) groups is 2. The minimum atomic E-state index is -0.288. The minimum absolute atomic E-state index is 0.149. The van der Waals surface area contributed by atoms with Crippen LogP contribution in [0.1, 0.15) is 17.3 Å². The van der Waals surface area contributed by atoms with Crippen molar-refractivity contribution in [3.05, 3.63) is 83.4 Å². The van der Waals surface area contributed by atoms with Gasteiger partial charge >= 0.3 is 0 Å². The molecule has 30 heavy (non-hydrogen) atoms. The predicted octanol–water partition coefficient (Wildman–Crippen LogP) is 5.01. The highest BCUT2D eigenvalue weighted by atomic mass is 35.5. The van der Waals surface area contributed by atoms with E-state index in [2.05, 4.69) is 10.6 Å². The van der Waals surface area contributed by atoms with Crippen molar-refractivity contribution in [1.29, 1.82) is 0 Å². The van der Waals surface area contributed by atoms with Gasteiger partial charge in [-0.05, 0) is 79.7 Å². The Morgan fingerprint density at radius 2 is 1.30 bits per heavy atom. The van der Waals surface area contributed by atoms with Crippen LogP contribution in [0.25, 0.3) is 0 Å². The molecule has 2 amide bonds. The van der Waals surface area contributed by atoms with Crippen LogP contribution in [0.4, 0.5) is 11.4 Å². The lowest BCUT2D eigenvalue weighted by atomic mass is 10.2. The third kappa shape index (κ3) is 6.25. The van der Waals surface area contributed by atoms with Gasteiger partial charge in [-0.15, -0.1) is 0 Å². The number of ether oxygens (including phenoxy) is 2. The van der Waals surface area contributed by atoms with E-state index in [9.17, 15) is 9.59 Å². The van der Waals surface area contributed by atoms with Crippen molar-refractivity contribution in [2.24, 2.45) is 0 Å². The molecule has 0 unspecified atom stereocenters. The Kier molecular flexibility index (Phi) is 7.29. The Bertz CT molecular complexity index is 987. The van der Waals surface area contributed by atoms with Crippen LogP contribution in [0, 0.1) is 0 Å². The monoisotopic (exact) mass is 424 g/mol. The van der Waals surface area contributed by atoms with E-state index in [1.165, 1.54) is 0 Å². The number of rotatable bonds is 8. The molecule has 0 saturated heterocycles. The molecule has 0 saturated carbocycles. The normalized spacial score (nSPS) is 10.2. The third-order valence-electron chi connectivity index (χ3n) is 4.04. The summed E-state index contributed by atoms with van der Waals surface area (Å²) >= 11 is 5.84. The van der Waals surface area contributed by atoms with Crippen LogP contribution in [0.3, 0.4) is 0 Å². The van der Waals surface area contributed by atoms with Crippen molar-refractivity contribution in [3.8, 4) is 11.5 Å². The third-order valence-corrected chi connectivity index (χ3v) is 4.29. The Balaban J connectivity index is 1.48. The molecule has 0 radical (unpaired) electrons. The zero-order valence-corrected chi connectivity index (χ0v) is 17.1. The lowest BCUT2D eigenvalue weighted by molar-refractivity contribution is -0.118. The fourth-order valence-electron chi connectivity index (χ4n) is 2.59. The minimum Gasteiger partial charge on any atom is -0.494 e.